The molecule has 1 atom stereocenters. The second-order valence-corrected chi connectivity index (χ2v) is 19.4. The number of aromatic nitrogens is 3. The number of anilines is 1. The Morgan fingerprint density at radius 3 is 2.08 bits per heavy atom. The minimum absolute atomic E-state index is 0.0741. The van der Waals surface area contributed by atoms with Gasteiger partial charge in [-0.2, -0.15) is 22.7 Å². The van der Waals surface area contributed by atoms with Gasteiger partial charge >= 0.3 is 23.9 Å². The Morgan fingerprint density at radius 1 is 0.859 bits per heavy atom. The van der Waals surface area contributed by atoms with E-state index in [1.807, 2.05) is 51.4 Å². The summed E-state index contributed by atoms with van der Waals surface area (Å²) in [6.07, 6.45) is 3.67. The molecular formula is C50H61F4N9O8. The van der Waals surface area contributed by atoms with Crippen molar-refractivity contribution in [2.75, 3.05) is 45.6 Å². The molecule has 6 rings (SSSR count). The van der Waals surface area contributed by atoms with Gasteiger partial charge in [-0.15, -0.1) is 0 Å². The van der Waals surface area contributed by atoms with E-state index in [4.69, 9.17) is 9.84 Å². The molecule has 0 bridgehead atoms. The molecule has 1 aliphatic heterocycles. The predicted octanol–water partition coefficient (Wildman–Crippen LogP) is 6.54. The smallest absolute Gasteiger partial charge is 0.411 e. The average Bonchev–Trinajstić information content (AvgIpc) is 3.84. The highest BCUT2D eigenvalue weighted by molar-refractivity contribution is 5.98. The van der Waals surface area contributed by atoms with Crippen molar-refractivity contribution in [3.8, 4) is 22.5 Å². The SMILES string of the molecule is Cc1cc(C(=O)NCC(=O)N2CCC(N(C)C)CC2)ccc1-c1ccc(CC(NC(=O)C2CCC(CNC(=O)OC(C)(C)C)CC2)C(=O)Nc2ccc(-c3n[nH]c(C(F)(F)C(F)(F)C(=O)O)n3)cc2)cc1. The van der Waals surface area contributed by atoms with Crippen molar-refractivity contribution in [1.82, 2.24) is 40.9 Å². The summed E-state index contributed by atoms with van der Waals surface area (Å²) in [5.41, 5.74) is 3.27. The van der Waals surface area contributed by atoms with Crippen LogP contribution in [0.1, 0.15) is 86.6 Å². The fraction of sp³-hybridized carbons (Fsp3) is 0.480. The van der Waals surface area contributed by atoms with Crippen molar-refractivity contribution in [2.45, 2.75) is 102 Å². The number of aliphatic carboxylic acids is 1. The van der Waals surface area contributed by atoms with Crippen LogP contribution in [0.15, 0.2) is 66.7 Å². The quantitative estimate of drug-likeness (QED) is 0.0623. The summed E-state index contributed by atoms with van der Waals surface area (Å²) in [4.78, 5) is 84.1. The molecule has 5 amide bonds. The van der Waals surface area contributed by atoms with E-state index in [1.54, 1.807) is 42.9 Å². The maximum absolute atomic E-state index is 14.4. The molecule has 2 fully saturated rings. The van der Waals surface area contributed by atoms with Gasteiger partial charge in [0.05, 0.1) is 6.54 Å². The average molecular weight is 992 g/mol. The Balaban J connectivity index is 1.11. The zero-order valence-corrected chi connectivity index (χ0v) is 40.5. The third kappa shape index (κ3) is 13.7. The zero-order chi connectivity index (χ0) is 51.8. The van der Waals surface area contributed by atoms with Gasteiger partial charge in [-0.1, -0.05) is 30.3 Å². The first-order valence-corrected chi connectivity index (χ1v) is 23.4. The van der Waals surface area contributed by atoms with Crippen LogP contribution in [-0.2, 0) is 36.3 Å². The topological polar surface area (TPSA) is 228 Å². The van der Waals surface area contributed by atoms with Gasteiger partial charge in [-0.05, 0) is 145 Å². The maximum atomic E-state index is 14.4. The number of amides is 5. The number of carboxylic acids is 1. The third-order valence-electron chi connectivity index (χ3n) is 12.8. The highest BCUT2D eigenvalue weighted by Crippen LogP contribution is 2.42. The normalized spacial score (nSPS) is 17.3. The van der Waals surface area contributed by atoms with Crippen LogP contribution in [0.2, 0.25) is 0 Å². The number of nitrogens with zero attached hydrogens (tertiary/aromatic N) is 4. The van der Waals surface area contributed by atoms with Crippen molar-refractivity contribution in [3.05, 3.63) is 89.2 Å². The third-order valence-corrected chi connectivity index (χ3v) is 12.8. The first-order valence-electron chi connectivity index (χ1n) is 23.4. The number of hydrogen-bond donors (Lipinski definition) is 6. The van der Waals surface area contributed by atoms with Crippen molar-refractivity contribution < 1.29 is 56.2 Å². The fourth-order valence-corrected chi connectivity index (χ4v) is 8.60. The first kappa shape index (κ1) is 53.5. The number of rotatable bonds is 17. The molecule has 1 aliphatic carbocycles. The lowest BCUT2D eigenvalue weighted by Crippen LogP contribution is -2.48. The van der Waals surface area contributed by atoms with Crippen LogP contribution in [-0.4, -0.2) is 130 Å². The summed E-state index contributed by atoms with van der Waals surface area (Å²) in [6, 6.07) is 17.4. The molecule has 2 aliphatic rings. The van der Waals surface area contributed by atoms with E-state index < -0.39 is 59.0 Å². The fourth-order valence-electron chi connectivity index (χ4n) is 8.60. The van der Waals surface area contributed by atoms with E-state index in [0.29, 0.717) is 62.5 Å². The Hall–Kier alpha value is -6.90. The molecule has 382 valence electrons. The van der Waals surface area contributed by atoms with E-state index in [2.05, 4.69) is 36.2 Å². The summed E-state index contributed by atoms with van der Waals surface area (Å²) in [7, 11) is 4.06. The van der Waals surface area contributed by atoms with Crippen molar-refractivity contribution in [2.24, 2.45) is 11.8 Å². The highest BCUT2D eigenvalue weighted by Gasteiger charge is 2.65. The number of carbonyl (C=O) groups is 6. The van der Waals surface area contributed by atoms with Gasteiger partial charge in [-0.25, -0.2) is 14.6 Å². The lowest BCUT2D eigenvalue weighted by atomic mass is 9.81. The van der Waals surface area contributed by atoms with Crippen LogP contribution in [0.25, 0.3) is 22.5 Å². The maximum Gasteiger partial charge on any atom is 0.411 e. The highest BCUT2D eigenvalue weighted by atomic mass is 19.3. The minimum atomic E-state index is -5.47. The van der Waals surface area contributed by atoms with Crippen LogP contribution in [0.5, 0.6) is 0 Å². The van der Waals surface area contributed by atoms with Gasteiger partial charge in [0.1, 0.15) is 11.6 Å². The van der Waals surface area contributed by atoms with Crippen LogP contribution >= 0.6 is 0 Å². The summed E-state index contributed by atoms with van der Waals surface area (Å²) in [6.45, 7) is 8.77. The lowest BCUT2D eigenvalue weighted by Gasteiger charge is -2.35. The molecule has 0 radical (unpaired) electrons. The Bertz CT molecular complexity index is 2550. The summed E-state index contributed by atoms with van der Waals surface area (Å²) < 4.78 is 61.6. The number of alkyl carbamates (subject to hydrolysis) is 1. The van der Waals surface area contributed by atoms with Gasteiger partial charge in [0, 0.05) is 54.8 Å². The Labute approximate surface area is 408 Å². The standard InChI is InChI=1S/C50H61F4N9O8/c1-29-25-35(42(65)55-28-40(64)63-23-21-37(22-24-63)62(5)6)17-20-38(29)32-11-7-30(8-12-32)26-39(58-43(66)34-13-9-31(10-14-34)27-56-47(70)71-48(2,3)4)44(67)57-36-18-15-33(16-19-36)41-59-45(61-60-41)49(51,52)50(53,54)46(68)69/h7-8,11-12,15-20,25,31,34,37,39H,9-10,13-14,21-24,26-28H2,1-6H3,(H,55,65)(H,56,70)(H,57,67)(H,58,66)(H,68,69)(H,59,60,61). The minimum Gasteiger partial charge on any atom is -0.477 e. The summed E-state index contributed by atoms with van der Waals surface area (Å²) in [5.74, 6) is -17.5. The molecular weight excluding hydrogens is 931 g/mol. The number of likely N-dealkylation sites (tertiary alicyclic amines) is 1. The van der Waals surface area contributed by atoms with E-state index in [-0.39, 0.29) is 47.9 Å². The van der Waals surface area contributed by atoms with Gasteiger partial charge in [0.2, 0.25) is 23.5 Å². The number of carbonyl (C=O) groups excluding carboxylic acids is 5. The molecule has 1 saturated carbocycles. The molecule has 71 heavy (non-hydrogen) atoms. The van der Waals surface area contributed by atoms with Crippen molar-refractivity contribution >= 4 is 41.4 Å². The molecule has 2 heterocycles. The summed E-state index contributed by atoms with van der Waals surface area (Å²) >= 11 is 0. The number of halogens is 4. The van der Waals surface area contributed by atoms with Crippen LogP contribution in [0.3, 0.4) is 0 Å². The van der Waals surface area contributed by atoms with E-state index in [9.17, 15) is 46.3 Å². The van der Waals surface area contributed by atoms with Gasteiger partial charge in [0.15, 0.2) is 5.82 Å². The van der Waals surface area contributed by atoms with E-state index in [0.717, 1.165) is 29.5 Å². The summed E-state index contributed by atoms with van der Waals surface area (Å²) in [5, 5.41) is 25.1. The number of benzene rings is 3. The molecule has 1 saturated heterocycles. The second kappa shape index (κ2) is 22.5. The molecule has 3 aromatic carbocycles. The largest absolute Gasteiger partial charge is 0.477 e. The van der Waals surface area contributed by atoms with Gasteiger partial charge in [-0.3, -0.25) is 24.3 Å². The van der Waals surface area contributed by atoms with E-state index >= 15 is 0 Å². The molecule has 0 spiro atoms. The van der Waals surface area contributed by atoms with Crippen molar-refractivity contribution in [1.29, 1.82) is 0 Å². The van der Waals surface area contributed by atoms with Gasteiger partial charge in [0.25, 0.3) is 5.91 Å². The number of aromatic amines is 1. The molecule has 1 unspecified atom stereocenters. The molecule has 17 nitrogen and oxygen atoms in total. The van der Waals surface area contributed by atoms with Crippen molar-refractivity contribution in [3.63, 3.8) is 0 Å². The number of carboxylic acid groups (broad SMARTS) is 1. The number of nitrogens with one attached hydrogen (secondary N) is 5. The van der Waals surface area contributed by atoms with Gasteiger partial charge < -0.3 is 40.9 Å². The van der Waals surface area contributed by atoms with E-state index in [1.165, 1.54) is 24.3 Å². The molecule has 21 heteroatoms. The zero-order valence-electron chi connectivity index (χ0n) is 40.5. The monoisotopic (exact) mass is 991 g/mol. The number of alkyl halides is 4. The lowest BCUT2D eigenvalue weighted by molar-refractivity contribution is -0.231. The van der Waals surface area contributed by atoms with Crippen LogP contribution in [0, 0.1) is 18.8 Å². The molecule has 4 aromatic rings. The number of aryl methyl sites for hydroxylation is 1. The number of ether oxygens (including phenoxy) is 1. The van der Waals surface area contributed by atoms with Crippen LogP contribution < -0.4 is 21.3 Å². The second-order valence-electron chi connectivity index (χ2n) is 19.4. The Morgan fingerprint density at radius 2 is 1.49 bits per heavy atom. The number of piperidine rings is 1. The Kier molecular flexibility index (Phi) is 16.9. The molecule has 1 aromatic heterocycles. The number of H-pyrrole nitrogens is 1. The molecule has 6 N–H and O–H groups in total. The number of hydrogen-bond acceptors (Lipinski definition) is 10. The first-order chi connectivity index (χ1) is 33.4. The predicted molar refractivity (Wildman–Crippen MR) is 254 cm³/mol. The van der Waals surface area contributed by atoms with Crippen LogP contribution in [0.4, 0.5) is 28.0 Å².